The fourth-order valence-electron chi connectivity index (χ4n) is 6.27. The van der Waals surface area contributed by atoms with Crippen LogP contribution < -0.4 is 5.32 Å². The highest BCUT2D eigenvalue weighted by Crippen LogP contribution is 2.64. The molecule has 188 valence electrons. The first-order valence-corrected chi connectivity index (χ1v) is 12.7. The molecule has 0 radical (unpaired) electrons. The van der Waals surface area contributed by atoms with Gasteiger partial charge in [-0.15, -0.1) is 11.8 Å². The van der Waals surface area contributed by atoms with E-state index >= 15 is 0 Å². The number of aliphatic hydroxyl groups is 3. The summed E-state index contributed by atoms with van der Waals surface area (Å²) in [6, 6.07) is -1.20. The Hall–Kier alpha value is -1.35. The predicted molar refractivity (Wildman–Crippen MR) is 131 cm³/mol. The molecule has 0 spiro atoms. The van der Waals surface area contributed by atoms with Crippen molar-refractivity contribution in [1.29, 1.82) is 0 Å². The summed E-state index contributed by atoms with van der Waals surface area (Å²) in [4.78, 5) is 22.9. The number of aliphatic carboxylic acids is 1. The number of allylic oxidation sites excluding steroid dienone is 3. The summed E-state index contributed by atoms with van der Waals surface area (Å²) < 4.78 is 0. The molecule has 2 aliphatic rings. The minimum absolute atomic E-state index is 0.0112. The SMILES string of the molecule is C=C/C(C)=C/C[C@@H]1[C@@]2(C)CCCC(C)(C)[C@@H]2C[C@H](O)[C@@]1(O)C(O)SC[C@@H](NC(C)=O)C(=O)O. The topological polar surface area (TPSA) is 127 Å². The molecule has 0 aliphatic heterocycles. The largest absolute Gasteiger partial charge is 0.480 e. The van der Waals surface area contributed by atoms with Gasteiger partial charge in [0, 0.05) is 18.6 Å². The second-order valence-electron chi connectivity index (χ2n) is 10.8. The van der Waals surface area contributed by atoms with Gasteiger partial charge in [-0.05, 0) is 49.4 Å². The molecule has 0 heterocycles. The van der Waals surface area contributed by atoms with Gasteiger partial charge in [0.05, 0.1) is 6.10 Å². The van der Waals surface area contributed by atoms with E-state index in [4.69, 9.17) is 0 Å². The van der Waals surface area contributed by atoms with Crippen LogP contribution in [0.5, 0.6) is 0 Å². The highest BCUT2D eigenvalue weighted by Gasteiger charge is 2.64. The summed E-state index contributed by atoms with van der Waals surface area (Å²) in [6.07, 6.45) is 6.30. The molecule has 5 N–H and O–H groups in total. The van der Waals surface area contributed by atoms with Crippen LogP contribution in [0.1, 0.15) is 66.7 Å². The summed E-state index contributed by atoms with van der Waals surface area (Å²) in [7, 11) is 0. The van der Waals surface area contributed by atoms with Gasteiger partial charge in [0.2, 0.25) is 5.91 Å². The monoisotopic (exact) mass is 483 g/mol. The molecule has 2 saturated carbocycles. The van der Waals surface area contributed by atoms with Crippen LogP contribution in [-0.2, 0) is 9.59 Å². The molecule has 2 fully saturated rings. The third-order valence-corrected chi connectivity index (χ3v) is 9.33. The summed E-state index contributed by atoms with van der Waals surface area (Å²) >= 11 is 0.855. The molecular formula is C25H41NO6S. The number of carbonyl (C=O) groups is 2. The molecule has 7 atom stereocenters. The number of carboxylic acids is 1. The van der Waals surface area contributed by atoms with E-state index in [2.05, 4.69) is 32.7 Å². The zero-order valence-corrected chi connectivity index (χ0v) is 21.3. The Kier molecular flexibility index (Phi) is 8.88. The third-order valence-electron chi connectivity index (χ3n) is 8.11. The van der Waals surface area contributed by atoms with E-state index in [1.54, 1.807) is 6.08 Å². The average molecular weight is 484 g/mol. The number of carbonyl (C=O) groups excluding carboxylic acids is 1. The van der Waals surface area contributed by atoms with Gasteiger partial charge < -0.3 is 25.7 Å². The fraction of sp³-hybridized carbons (Fsp3) is 0.760. The molecule has 7 nitrogen and oxygen atoms in total. The standard InChI is InChI=1S/C25H41NO6S/c1-7-15(2)9-10-18-24(6)12-8-11-23(4,5)19(24)13-20(28)25(18,32)22(31)33-14-17(21(29)30)26-16(3)27/h7,9,17-20,22,28,31-32H,1,8,10-14H2,2-6H3,(H,26,27)(H,29,30)/b15-9+/t17-,18-,19+,20+,22?,24-,25-/m1/s1. The lowest BCUT2D eigenvalue weighted by Gasteiger charge is -2.63. The smallest absolute Gasteiger partial charge is 0.327 e. The molecule has 33 heavy (non-hydrogen) atoms. The Morgan fingerprint density at radius 3 is 2.42 bits per heavy atom. The zero-order chi connectivity index (χ0) is 25.2. The van der Waals surface area contributed by atoms with Crippen LogP contribution in [0.4, 0.5) is 0 Å². The van der Waals surface area contributed by atoms with Gasteiger partial charge in [-0.1, -0.05) is 51.5 Å². The number of nitrogens with one attached hydrogen (secondary N) is 1. The Morgan fingerprint density at radius 2 is 1.88 bits per heavy atom. The number of thioether (sulfide) groups is 1. The number of hydrogen-bond acceptors (Lipinski definition) is 6. The Morgan fingerprint density at radius 1 is 1.24 bits per heavy atom. The lowest BCUT2D eigenvalue weighted by molar-refractivity contribution is -0.244. The van der Waals surface area contributed by atoms with Gasteiger partial charge in [-0.25, -0.2) is 4.79 Å². The normalized spacial score (nSPS) is 35.8. The van der Waals surface area contributed by atoms with Gasteiger partial charge in [0.15, 0.2) is 0 Å². The minimum Gasteiger partial charge on any atom is -0.480 e. The van der Waals surface area contributed by atoms with Crippen molar-refractivity contribution in [2.75, 3.05) is 5.75 Å². The van der Waals surface area contributed by atoms with E-state index in [0.29, 0.717) is 12.8 Å². The summed E-state index contributed by atoms with van der Waals surface area (Å²) in [5.41, 5.74) is -2.64. The fourth-order valence-corrected chi connectivity index (χ4v) is 7.46. The molecule has 0 bridgehead atoms. The quantitative estimate of drug-likeness (QED) is 0.252. The number of hydrogen-bond donors (Lipinski definition) is 5. The number of amides is 1. The summed E-state index contributed by atoms with van der Waals surface area (Å²) in [6.45, 7) is 13.5. The molecule has 1 amide bonds. The van der Waals surface area contributed by atoms with Crippen molar-refractivity contribution in [3.8, 4) is 0 Å². The van der Waals surface area contributed by atoms with E-state index < -0.39 is 41.0 Å². The number of rotatable bonds is 9. The number of aliphatic hydroxyl groups excluding tert-OH is 2. The van der Waals surface area contributed by atoms with Gasteiger partial charge in [-0.2, -0.15) is 0 Å². The second-order valence-corrected chi connectivity index (χ2v) is 11.9. The Balaban J connectivity index is 2.42. The van der Waals surface area contributed by atoms with Crippen molar-refractivity contribution in [1.82, 2.24) is 5.32 Å². The molecule has 1 unspecified atom stereocenters. The average Bonchev–Trinajstić information content (AvgIpc) is 2.71. The van der Waals surface area contributed by atoms with Gasteiger partial charge in [-0.3, -0.25) is 4.79 Å². The first-order chi connectivity index (χ1) is 15.2. The molecule has 0 saturated heterocycles. The zero-order valence-electron chi connectivity index (χ0n) is 20.5. The molecule has 0 aromatic carbocycles. The maximum atomic E-state index is 12.0. The number of carboxylic acid groups (broad SMARTS) is 1. The lowest BCUT2D eigenvalue weighted by Crippen LogP contribution is -2.68. The Labute approximate surface area is 201 Å². The van der Waals surface area contributed by atoms with Gasteiger partial charge in [0.25, 0.3) is 0 Å². The third kappa shape index (κ3) is 5.66. The van der Waals surface area contributed by atoms with Crippen molar-refractivity contribution >= 4 is 23.6 Å². The minimum atomic E-state index is -1.83. The van der Waals surface area contributed by atoms with E-state index in [1.807, 2.05) is 13.0 Å². The van der Waals surface area contributed by atoms with E-state index in [0.717, 1.165) is 36.6 Å². The van der Waals surface area contributed by atoms with E-state index in [9.17, 15) is 30.0 Å². The maximum absolute atomic E-state index is 12.0. The first kappa shape index (κ1) is 27.9. The highest BCUT2D eigenvalue weighted by molar-refractivity contribution is 7.99. The molecule has 8 heteroatoms. The van der Waals surface area contributed by atoms with Crippen molar-refractivity contribution in [3.05, 3.63) is 24.3 Å². The van der Waals surface area contributed by atoms with E-state index in [-0.39, 0.29) is 22.5 Å². The molecule has 2 aliphatic carbocycles. The van der Waals surface area contributed by atoms with E-state index in [1.165, 1.54) is 6.92 Å². The van der Waals surface area contributed by atoms with Gasteiger partial charge >= 0.3 is 5.97 Å². The predicted octanol–water partition coefficient (Wildman–Crippen LogP) is 3.09. The van der Waals surface area contributed by atoms with Gasteiger partial charge in [0.1, 0.15) is 17.1 Å². The van der Waals surface area contributed by atoms with Crippen LogP contribution in [-0.4, -0.2) is 61.2 Å². The van der Waals surface area contributed by atoms with Crippen LogP contribution >= 0.6 is 11.8 Å². The first-order valence-electron chi connectivity index (χ1n) is 11.7. The van der Waals surface area contributed by atoms with Crippen LogP contribution in [0.25, 0.3) is 0 Å². The van der Waals surface area contributed by atoms with Crippen molar-refractivity contribution in [3.63, 3.8) is 0 Å². The summed E-state index contributed by atoms with van der Waals surface area (Å²) in [5, 5.41) is 46.1. The number of fused-ring (bicyclic) bond motifs is 1. The lowest BCUT2D eigenvalue weighted by atomic mass is 9.44. The summed E-state index contributed by atoms with van der Waals surface area (Å²) in [5.74, 6) is -2.12. The molecule has 2 rings (SSSR count). The molecule has 0 aromatic rings. The highest BCUT2D eigenvalue weighted by atomic mass is 32.2. The molecule has 0 aromatic heterocycles. The van der Waals surface area contributed by atoms with Crippen molar-refractivity contribution in [2.45, 2.75) is 89.9 Å². The van der Waals surface area contributed by atoms with Crippen molar-refractivity contribution in [2.24, 2.45) is 22.7 Å². The van der Waals surface area contributed by atoms with Crippen LogP contribution in [0.3, 0.4) is 0 Å². The Bertz CT molecular complexity index is 783. The van der Waals surface area contributed by atoms with Crippen molar-refractivity contribution < 1.29 is 30.0 Å². The second kappa shape index (κ2) is 10.5. The maximum Gasteiger partial charge on any atom is 0.327 e. The van der Waals surface area contributed by atoms with Crippen LogP contribution in [0.2, 0.25) is 0 Å². The molecular weight excluding hydrogens is 442 g/mol. The van der Waals surface area contributed by atoms with Crippen LogP contribution in [0, 0.1) is 22.7 Å². The van der Waals surface area contributed by atoms with Crippen LogP contribution in [0.15, 0.2) is 24.3 Å².